The molecule has 0 aromatic heterocycles. The number of rotatable bonds is 10. The topological polar surface area (TPSA) is 90.2 Å². The Morgan fingerprint density at radius 2 is 1.50 bits per heavy atom. The van der Waals surface area contributed by atoms with Crippen LogP contribution in [0.1, 0.15) is 13.8 Å². The molecule has 0 amide bonds. The van der Waals surface area contributed by atoms with E-state index < -0.39 is 31.0 Å². The highest BCUT2D eigenvalue weighted by molar-refractivity contribution is 8.17. The Labute approximate surface area is 117 Å². The largest absolute Gasteiger partial charge is 0.394 e. The van der Waals surface area contributed by atoms with Crippen molar-refractivity contribution in [2.24, 2.45) is 0 Å². The van der Waals surface area contributed by atoms with Crippen molar-refractivity contribution in [3.05, 3.63) is 0 Å². The van der Waals surface area contributed by atoms with Gasteiger partial charge in [-0.1, -0.05) is 13.8 Å². The van der Waals surface area contributed by atoms with Crippen molar-refractivity contribution in [3.63, 3.8) is 0 Å². The first-order valence-electron chi connectivity index (χ1n) is 5.94. The first-order valence-corrected chi connectivity index (χ1v) is 8.04. The highest BCUT2D eigenvalue weighted by Crippen LogP contribution is 2.30. The summed E-state index contributed by atoms with van der Waals surface area (Å²) in [7, 11) is 1.46. The fraction of sp³-hybridized carbons (Fsp3) is 1.00. The lowest BCUT2D eigenvalue weighted by molar-refractivity contribution is -0.119. The zero-order valence-electron chi connectivity index (χ0n) is 11.0. The van der Waals surface area contributed by atoms with Crippen LogP contribution in [-0.4, -0.2) is 74.6 Å². The maximum Gasteiger partial charge on any atom is 0.111 e. The molecule has 0 aliphatic rings. The molecule has 0 unspecified atom stereocenters. The third kappa shape index (κ3) is 5.64. The van der Waals surface area contributed by atoms with Crippen LogP contribution in [0.5, 0.6) is 0 Å². The van der Waals surface area contributed by atoms with Gasteiger partial charge in [-0.2, -0.15) is 0 Å². The average Bonchev–Trinajstić information content (AvgIpc) is 2.38. The maximum absolute atomic E-state index is 10.0. The summed E-state index contributed by atoms with van der Waals surface area (Å²) in [5.41, 5.74) is 0. The van der Waals surface area contributed by atoms with Crippen LogP contribution < -0.4 is 0 Å². The molecule has 0 aromatic rings. The fourth-order valence-corrected chi connectivity index (χ4v) is 4.29. The van der Waals surface area contributed by atoms with Crippen LogP contribution >= 0.6 is 23.5 Å². The van der Waals surface area contributed by atoms with Crippen LogP contribution in [0.15, 0.2) is 0 Å². The summed E-state index contributed by atoms with van der Waals surface area (Å²) in [5, 5.41) is 37.9. The van der Waals surface area contributed by atoms with E-state index in [9.17, 15) is 15.3 Å². The lowest BCUT2D eigenvalue weighted by atomic mass is 10.0. The van der Waals surface area contributed by atoms with E-state index in [2.05, 4.69) is 0 Å². The van der Waals surface area contributed by atoms with E-state index in [4.69, 9.17) is 9.84 Å². The molecule has 0 aromatic carbocycles. The lowest BCUT2D eigenvalue weighted by Crippen LogP contribution is -2.49. The third-order valence-electron chi connectivity index (χ3n) is 2.47. The van der Waals surface area contributed by atoms with Crippen molar-refractivity contribution in [3.8, 4) is 0 Å². The lowest BCUT2D eigenvalue weighted by Gasteiger charge is -2.32. The number of aliphatic hydroxyl groups excluding tert-OH is 4. The normalized spacial score (nSPS) is 18.7. The SMILES string of the molecule is CCSC(SCC)[C@H](OC)[C@H](O)[C@@H](O)[C@@H](O)CO. The standard InChI is InChI=1S/C11H24O5S2/c1-4-17-11(18-5-2)10(16-3)9(15)8(14)7(13)6-12/h7-15H,4-6H2,1-3H3/t7-,8-,9+,10+/m0/s1. The second-order valence-corrected chi connectivity index (χ2v) is 6.85. The van der Waals surface area contributed by atoms with E-state index in [0.717, 1.165) is 11.5 Å². The molecule has 0 aliphatic carbocycles. The van der Waals surface area contributed by atoms with Gasteiger partial charge in [-0.25, -0.2) is 0 Å². The zero-order valence-corrected chi connectivity index (χ0v) is 12.7. The molecule has 0 radical (unpaired) electrons. The Balaban J connectivity index is 4.69. The van der Waals surface area contributed by atoms with Gasteiger partial charge in [0.1, 0.15) is 24.4 Å². The van der Waals surface area contributed by atoms with Crippen LogP contribution in [0.2, 0.25) is 0 Å². The Hall–Kier alpha value is 0.500. The van der Waals surface area contributed by atoms with Crippen LogP contribution in [0.3, 0.4) is 0 Å². The summed E-state index contributed by atoms with van der Waals surface area (Å²) in [5.74, 6) is 1.73. The van der Waals surface area contributed by atoms with Gasteiger partial charge in [0.15, 0.2) is 0 Å². The molecule has 0 spiro atoms. The molecule has 0 fully saturated rings. The van der Waals surface area contributed by atoms with Gasteiger partial charge in [0.2, 0.25) is 0 Å². The van der Waals surface area contributed by atoms with Gasteiger partial charge in [-0.15, -0.1) is 23.5 Å². The summed E-state index contributed by atoms with van der Waals surface area (Å²) in [6.07, 6.45) is -4.62. The monoisotopic (exact) mass is 300 g/mol. The second-order valence-electron chi connectivity index (χ2n) is 3.71. The molecule has 0 heterocycles. The Morgan fingerprint density at radius 3 is 1.83 bits per heavy atom. The van der Waals surface area contributed by atoms with Gasteiger partial charge in [0, 0.05) is 7.11 Å². The summed E-state index contributed by atoms with van der Waals surface area (Å²) < 4.78 is 5.22. The number of methoxy groups -OCH3 is 1. The molecule has 0 bridgehead atoms. The molecule has 18 heavy (non-hydrogen) atoms. The van der Waals surface area contributed by atoms with Crippen molar-refractivity contribution in [1.29, 1.82) is 0 Å². The van der Waals surface area contributed by atoms with Crippen molar-refractivity contribution >= 4 is 23.5 Å². The van der Waals surface area contributed by atoms with Crippen molar-refractivity contribution in [2.75, 3.05) is 25.2 Å². The van der Waals surface area contributed by atoms with E-state index in [1.165, 1.54) is 7.11 Å². The first kappa shape index (κ1) is 18.5. The predicted octanol–water partition coefficient (Wildman–Crippen LogP) is -0.0913. The number of thioether (sulfide) groups is 2. The molecule has 5 nitrogen and oxygen atoms in total. The van der Waals surface area contributed by atoms with Gasteiger partial charge in [-0.05, 0) is 11.5 Å². The molecular formula is C11H24O5S2. The van der Waals surface area contributed by atoms with Crippen LogP contribution in [0, 0.1) is 0 Å². The van der Waals surface area contributed by atoms with E-state index in [-0.39, 0.29) is 4.58 Å². The number of ether oxygens (including phenoxy) is 1. The summed E-state index contributed by atoms with van der Waals surface area (Å²) in [6, 6.07) is 0. The fourth-order valence-electron chi connectivity index (χ4n) is 1.51. The summed E-state index contributed by atoms with van der Waals surface area (Å²) in [6.45, 7) is 3.42. The molecule has 110 valence electrons. The van der Waals surface area contributed by atoms with E-state index >= 15 is 0 Å². The van der Waals surface area contributed by atoms with Gasteiger partial charge in [0.25, 0.3) is 0 Å². The summed E-state index contributed by atoms with van der Waals surface area (Å²) >= 11 is 3.24. The van der Waals surface area contributed by atoms with Crippen LogP contribution in [-0.2, 0) is 4.74 Å². The number of aliphatic hydroxyl groups is 4. The van der Waals surface area contributed by atoms with E-state index in [0.29, 0.717) is 0 Å². The van der Waals surface area contributed by atoms with Crippen LogP contribution in [0.25, 0.3) is 0 Å². The number of hydrogen-bond acceptors (Lipinski definition) is 7. The zero-order chi connectivity index (χ0) is 14.1. The molecule has 4 N–H and O–H groups in total. The van der Waals surface area contributed by atoms with E-state index in [1.54, 1.807) is 23.5 Å². The smallest absolute Gasteiger partial charge is 0.111 e. The highest BCUT2D eigenvalue weighted by atomic mass is 32.2. The molecule has 0 saturated carbocycles. The van der Waals surface area contributed by atoms with Gasteiger partial charge in [-0.3, -0.25) is 0 Å². The van der Waals surface area contributed by atoms with Crippen LogP contribution in [0.4, 0.5) is 0 Å². The summed E-state index contributed by atoms with van der Waals surface area (Å²) in [4.78, 5) is 0. The Kier molecular flexibility index (Phi) is 10.6. The van der Waals surface area contributed by atoms with Gasteiger partial charge >= 0.3 is 0 Å². The second kappa shape index (κ2) is 10.3. The van der Waals surface area contributed by atoms with Gasteiger partial charge in [0.05, 0.1) is 11.2 Å². The Morgan fingerprint density at radius 1 is 1.00 bits per heavy atom. The molecule has 0 saturated heterocycles. The molecule has 4 atom stereocenters. The molecule has 0 aliphatic heterocycles. The van der Waals surface area contributed by atoms with Crippen molar-refractivity contribution < 1.29 is 25.2 Å². The van der Waals surface area contributed by atoms with Crippen molar-refractivity contribution in [1.82, 2.24) is 0 Å². The van der Waals surface area contributed by atoms with E-state index in [1.807, 2.05) is 13.8 Å². The predicted molar refractivity (Wildman–Crippen MR) is 76.0 cm³/mol. The quantitative estimate of drug-likeness (QED) is 0.419. The minimum atomic E-state index is -1.42. The molecule has 0 rings (SSSR count). The minimum absolute atomic E-state index is 0.0273. The van der Waals surface area contributed by atoms with Crippen molar-refractivity contribution in [2.45, 2.75) is 42.8 Å². The minimum Gasteiger partial charge on any atom is -0.394 e. The average molecular weight is 300 g/mol. The number of hydrogen-bond donors (Lipinski definition) is 4. The van der Waals surface area contributed by atoms with Gasteiger partial charge < -0.3 is 25.2 Å². The Bertz CT molecular complexity index is 202. The first-order chi connectivity index (χ1) is 8.53. The maximum atomic E-state index is 10.0. The molecular weight excluding hydrogens is 276 g/mol. The third-order valence-corrected chi connectivity index (χ3v) is 5.15. The molecule has 7 heteroatoms. The highest BCUT2D eigenvalue weighted by Gasteiger charge is 2.36.